The molecule has 0 saturated heterocycles. The van der Waals surface area contributed by atoms with Crippen LogP contribution in [-0.2, 0) is 0 Å². The minimum atomic E-state index is 0.527. The zero-order chi connectivity index (χ0) is 7.52. The summed E-state index contributed by atoms with van der Waals surface area (Å²) < 4.78 is 0. The molecule has 3 heteroatoms. The third-order valence-electron chi connectivity index (χ3n) is 1.96. The van der Waals surface area contributed by atoms with Crippen molar-refractivity contribution in [3.8, 4) is 0 Å². The van der Waals surface area contributed by atoms with Crippen LogP contribution in [0.5, 0.6) is 0 Å². The largest absolute Gasteiger partial charge is 0.391 e. The minimum absolute atomic E-state index is 0.527. The molecule has 2 rings (SSSR count). The minimum Gasteiger partial charge on any atom is -0.391 e. The molecule has 0 aliphatic carbocycles. The molecule has 0 bridgehead atoms. The number of aromatic amines is 1. The Morgan fingerprint density at radius 3 is 3.18 bits per heavy atom. The highest BCUT2D eigenvalue weighted by Crippen LogP contribution is 2.19. The molecule has 3 nitrogen and oxygen atoms in total. The lowest BCUT2D eigenvalue weighted by Crippen LogP contribution is -2.16. The van der Waals surface area contributed by atoms with Crippen molar-refractivity contribution < 1.29 is 0 Å². The van der Waals surface area contributed by atoms with E-state index in [1.165, 1.54) is 5.69 Å². The van der Waals surface area contributed by atoms with E-state index in [-0.39, 0.29) is 0 Å². The summed E-state index contributed by atoms with van der Waals surface area (Å²) in [7, 11) is 0. The number of allylic oxidation sites excluding steroid dienone is 1. The van der Waals surface area contributed by atoms with Crippen LogP contribution in [0.1, 0.15) is 18.0 Å². The fraction of sp³-hybridized carbons (Fsp3) is 0.375. The maximum absolute atomic E-state index is 3.99. The quantitative estimate of drug-likeness (QED) is 0.625. The van der Waals surface area contributed by atoms with Gasteiger partial charge in [-0.1, -0.05) is 6.08 Å². The van der Waals surface area contributed by atoms with Crippen LogP contribution in [0.4, 0.5) is 0 Å². The summed E-state index contributed by atoms with van der Waals surface area (Å²) in [5.41, 5.74) is 1.21. The standard InChI is InChI=1S/C8H11N3/c1-3-9-4-2-7(1)8-5-10-6-11-8/h1,3,5-7,9H,2,4H2,(H,10,11). The van der Waals surface area contributed by atoms with Crippen molar-refractivity contribution in [3.63, 3.8) is 0 Å². The van der Waals surface area contributed by atoms with Crippen LogP contribution in [0.3, 0.4) is 0 Å². The number of hydrogen-bond donors (Lipinski definition) is 2. The van der Waals surface area contributed by atoms with Crippen molar-refractivity contribution in [3.05, 3.63) is 30.5 Å². The molecule has 1 aromatic heterocycles. The molecule has 0 amide bonds. The van der Waals surface area contributed by atoms with Crippen molar-refractivity contribution in [1.82, 2.24) is 15.3 Å². The van der Waals surface area contributed by atoms with Crippen molar-refractivity contribution >= 4 is 0 Å². The Kier molecular flexibility index (Phi) is 1.63. The Hall–Kier alpha value is -1.25. The summed E-state index contributed by atoms with van der Waals surface area (Å²) in [4.78, 5) is 7.10. The highest BCUT2D eigenvalue weighted by Gasteiger charge is 2.10. The van der Waals surface area contributed by atoms with Gasteiger partial charge in [-0.2, -0.15) is 0 Å². The molecular formula is C8H11N3. The number of hydrogen-bond acceptors (Lipinski definition) is 2. The summed E-state index contributed by atoms with van der Waals surface area (Å²) in [6.07, 6.45) is 8.94. The summed E-state index contributed by atoms with van der Waals surface area (Å²) in [5, 5.41) is 3.16. The molecule has 0 aromatic carbocycles. The predicted molar refractivity (Wildman–Crippen MR) is 43.1 cm³/mol. The van der Waals surface area contributed by atoms with Gasteiger partial charge < -0.3 is 10.3 Å². The second-order valence-electron chi connectivity index (χ2n) is 2.72. The average Bonchev–Trinajstić information content (AvgIpc) is 2.58. The molecule has 1 unspecified atom stereocenters. The van der Waals surface area contributed by atoms with E-state index in [1.807, 2.05) is 12.4 Å². The first-order valence-corrected chi connectivity index (χ1v) is 3.85. The van der Waals surface area contributed by atoms with Crippen molar-refractivity contribution in [2.24, 2.45) is 0 Å². The molecule has 0 saturated carbocycles. The van der Waals surface area contributed by atoms with Crippen molar-refractivity contribution in [2.75, 3.05) is 6.54 Å². The third kappa shape index (κ3) is 1.27. The van der Waals surface area contributed by atoms with Crippen LogP contribution in [-0.4, -0.2) is 16.5 Å². The Labute approximate surface area is 65.5 Å². The molecule has 1 atom stereocenters. The van der Waals surface area contributed by atoms with Crippen LogP contribution in [0.2, 0.25) is 0 Å². The first kappa shape index (κ1) is 6.46. The van der Waals surface area contributed by atoms with Crippen LogP contribution in [0.15, 0.2) is 24.8 Å². The molecule has 2 N–H and O–H groups in total. The Balaban J connectivity index is 2.16. The van der Waals surface area contributed by atoms with Gasteiger partial charge in [0, 0.05) is 24.4 Å². The maximum Gasteiger partial charge on any atom is 0.0921 e. The van der Waals surface area contributed by atoms with E-state index >= 15 is 0 Å². The molecule has 0 spiro atoms. The normalized spacial score (nSPS) is 23.1. The molecule has 1 aliphatic heterocycles. The second-order valence-corrected chi connectivity index (χ2v) is 2.72. The molecule has 11 heavy (non-hydrogen) atoms. The molecule has 0 radical (unpaired) electrons. The number of H-pyrrole nitrogens is 1. The highest BCUT2D eigenvalue weighted by atomic mass is 14.9. The fourth-order valence-electron chi connectivity index (χ4n) is 1.33. The first-order chi connectivity index (χ1) is 5.47. The Morgan fingerprint density at radius 1 is 1.55 bits per heavy atom. The summed E-state index contributed by atoms with van der Waals surface area (Å²) in [5.74, 6) is 0.527. The third-order valence-corrected chi connectivity index (χ3v) is 1.96. The van der Waals surface area contributed by atoms with E-state index in [2.05, 4.69) is 21.4 Å². The maximum atomic E-state index is 3.99. The van der Waals surface area contributed by atoms with E-state index < -0.39 is 0 Å². The summed E-state index contributed by atoms with van der Waals surface area (Å²) >= 11 is 0. The topological polar surface area (TPSA) is 40.7 Å². The predicted octanol–water partition coefficient (Wildman–Crippen LogP) is 1.00. The van der Waals surface area contributed by atoms with Gasteiger partial charge in [0.1, 0.15) is 0 Å². The van der Waals surface area contributed by atoms with Gasteiger partial charge in [0.05, 0.1) is 6.33 Å². The number of aromatic nitrogens is 2. The van der Waals surface area contributed by atoms with Crippen molar-refractivity contribution in [2.45, 2.75) is 12.3 Å². The van der Waals surface area contributed by atoms with Crippen LogP contribution in [0.25, 0.3) is 0 Å². The molecule has 58 valence electrons. The van der Waals surface area contributed by atoms with Gasteiger partial charge >= 0.3 is 0 Å². The van der Waals surface area contributed by atoms with Crippen LogP contribution in [0, 0.1) is 0 Å². The average molecular weight is 149 g/mol. The van der Waals surface area contributed by atoms with Gasteiger partial charge in [-0.25, -0.2) is 4.98 Å². The Bertz CT molecular complexity index is 238. The Morgan fingerprint density at radius 2 is 2.55 bits per heavy atom. The SMILES string of the molecule is C1=CC(c2cnc[nH]2)CCN1. The van der Waals surface area contributed by atoms with Crippen LogP contribution >= 0.6 is 0 Å². The second kappa shape index (κ2) is 2.78. The molecular weight excluding hydrogens is 138 g/mol. The molecule has 0 fully saturated rings. The lowest BCUT2D eigenvalue weighted by molar-refractivity contribution is 0.647. The molecule has 1 aliphatic rings. The summed E-state index contributed by atoms with van der Waals surface area (Å²) in [6, 6.07) is 0. The zero-order valence-corrected chi connectivity index (χ0v) is 6.25. The van der Waals surface area contributed by atoms with Gasteiger partial charge in [0.15, 0.2) is 0 Å². The zero-order valence-electron chi connectivity index (χ0n) is 6.25. The fourth-order valence-corrected chi connectivity index (χ4v) is 1.33. The van der Waals surface area contributed by atoms with E-state index in [4.69, 9.17) is 0 Å². The van der Waals surface area contributed by atoms with E-state index in [1.54, 1.807) is 6.33 Å². The van der Waals surface area contributed by atoms with Gasteiger partial charge in [0.25, 0.3) is 0 Å². The van der Waals surface area contributed by atoms with Gasteiger partial charge in [-0.05, 0) is 12.6 Å². The van der Waals surface area contributed by atoms with Crippen molar-refractivity contribution in [1.29, 1.82) is 0 Å². The monoisotopic (exact) mass is 149 g/mol. The van der Waals surface area contributed by atoms with Gasteiger partial charge in [-0.15, -0.1) is 0 Å². The lowest BCUT2D eigenvalue weighted by atomic mass is 10.0. The smallest absolute Gasteiger partial charge is 0.0921 e. The number of imidazole rings is 1. The molecule has 1 aromatic rings. The molecule has 2 heterocycles. The number of nitrogens with zero attached hydrogens (tertiary/aromatic N) is 1. The van der Waals surface area contributed by atoms with Crippen LogP contribution < -0.4 is 5.32 Å². The lowest BCUT2D eigenvalue weighted by Gasteiger charge is -2.15. The van der Waals surface area contributed by atoms with Gasteiger partial charge in [-0.3, -0.25) is 0 Å². The number of rotatable bonds is 1. The van der Waals surface area contributed by atoms with E-state index in [9.17, 15) is 0 Å². The van der Waals surface area contributed by atoms with E-state index in [0.717, 1.165) is 13.0 Å². The van der Waals surface area contributed by atoms with E-state index in [0.29, 0.717) is 5.92 Å². The highest BCUT2D eigenvalue weighted by molar-refractivity contribution is 5.13. The summed E-state index contributed by atoms with van der Waals surface area (Å²) in [6.45, 7) is 1.06. The number of nitrogens with one attached hydrogen (secondary N) is 2. The van der Waals surface area contributed by atoms with Gasteiger partial charge in [0.2, 0.25) is 0 Å². The first-order valence-electron chi connectivity index (χ1n) is 3.85.